The van der Waals surface area contributed by atoms with Crippen LogP contribution in [0.5, 0.6) is 5.75 Å². The summed E-state index contributed by atoms with van der Waals surface area (Å²) >= 11 is 0. The predicted molar refractivity (Wildman–Crippen MR) is 89.6 cm³/mol. The van der Waals surface area contributed by atoms with Crippen molar-refractivity contribution < 1.29 is 28.7 Å². The fourth-order valence-electron chi connectivity index (χ4n) is 2.08. The summed E-state index contributed by atoms with van der Waals surface area (Å²) in [6, 6.07) is 5.83. The van der Waals surface area contributed by atoms with E-state index in [4.69, 9.17) is 14.2 Å². The highest BCUT2D eigenvalue weighted by atomic mass is 16.7. The lowest BCUT2D eigenvalue weighted by atomic mass is 10.1. The molecule has 1 aromatic heterocycles. The second kappa shape index (κ2) is 8.60. The molecule has 0 aliphatic carbocycles. The van der Waals surface area contributed by atoms with Crippen LogP contribution in [0.1, 0.15) is 6.92 Å². The number of carbonyl (C=O) groups excluding carboxylic acids is 2. The summed E-state index contributed by atoms with van der Waals surface area (Å²) in [5, 5.41) is 11.4. The number of non-ortho nitro benzene ring substituents is 1. The molecule has 0 atom stereocenters. The number of rotatable bonds is 7. The number of hydrogen-bond acceptors (Lipinski definition) is 8. The number of fused-ring (bicyclic) bond motifs is 1. The highest BCUT2D eigenvalue weighted by Gasteiger charge is 2.16. The van der Waals surface area contributed by atoms with Crippen LogP contribution < -0.4 is 4.74 Å². The van der Waals surface area contributed by atoms with Gasteiger partial charge in [-0.05, 0) is 18.2 Å². The van der Waals surface area contributed by atoms with Crippen molar-refractivity contribution in [2.45, 2.75) is 6.92 Å². The first kappa shape index (κ1) is 18.9. The molecule has 0 saturated carbocycles. The number of nitro groups is 1. The van der Waals surface area contributed by atoms with Gasteiger partial charge in [-0.15, -0.1) is 0 Å². The molecule has 0 aliphatic heterocycles. The standard InChI is InChI=1S/C16H17N3O7/c1-11(20)24-9-8-18(2)16(21)26-10-25-14-6-5-13(19(22)23)12-4-3-7-17-15(12)14/h3-7H,8-10H2,1-2H3. The van der Waals surface area contributed by atoms with Crippen LogP contribution in [-0.2, 0) is 14.3 Å². The molecule has 1 aromatic carbocycles. The minimum atomic E-state index is -0.670. The lowest BCUT2D eigenvalue weighted by Gasteiger charge is -2.17. The Labute approximate surface area is 148 Å². The Hall–Kier alpha value is -3.43. The van der Waals surface area contributed by atoms with E-state index >= 15 is 0 Å². The van der Waals surface area contributed by atoms with E-state index in [0.717, 1.165) is 0 Å². The molecule has 2 rings (SSSR count). The van der Waals surface area contributed by atoms with E-state index in [0.29, 0.717) is 10.9 Å². The third-order valence-corrected chi connectivity index (χ3v) is 3.35. The number of esters is 1. The lowest BCUT2D eigenvalue weighted by molar-refractivity contribution is -0.383. The van der Waals surface area contributed by atoms with E-state index in [1.54, 1.807) is 12.1 Å². The number of benzene rings is 1. The third-order valence-electron chi connectivity index (χ3n) is 3.35. The number of amides is 1. The summed E-state index contributed by atoms with van der Waals surface area (Å²) in [5.74, 6) is -0.186. The number of nitrogens with zero attached hydrogens (tertiary/aromatic N) is 3. The summed E-state index contributed by atoms with van der Waals surface area (Å²) < 4.78 is 15.1. The number of nitro benzene ring substituents is 1. The van der Waals surface area contributed by atoms with Crippen molar-refractivity contribution in [1.29, 1.82) is 0 Å². The number of hydrogen-bond donors (Lipinski definition) is 0. The average molecular weight is 363 g/mol. The maximum atomic E-state index is 11.8. The number of aromatic nitrogens is 1. The SMILES string of the molecule is CC(=O)OCCN(C)C(=O)OCOc1ccc([N+](=O)[O-])c2cccnc12. The minimum absolute atomic E-state index is 0.0543. The van der Waals surface area contributed by atoms with Crippen LogP contribution in [0.2, 0.25) is 0 Å². The zero-order valence-electron chi connectivity index (χ0n) is 14.2. The maximum Gasteiger partial charge on any atom is 0.412 e. The van der Waals surface area contributed by atoms with Gasteiger partial charge in [0.1, 0.15) is 17.9 Å². The third kappa shape index (κ3) is 4.79. The molecule has 0 unspecified atom stereocenters. The molecule has 1 heterocycles. The topological polar surface area (TPSA) is 121 Å². The van der Waals surface area contributed by atoms with E-state index in [9.17, 15) is 19.7 Å². The fourth-order valence-corrected chi connectivity index (χ4v) is 2.08. The van der Waals surface area contributed by atoms with Gasteiger partial charge >= 0.3 is 12.1 Å². The van der Waals surface area contributed by atoms with Gasteiger partial charge in [0, 0.05) is 26.2 Å². The molecule has 0 bridgehead atoms. The molecule has 0 fully saturated rings. The van der Waals surface area contributed by atoms with Gasteiger partial charge in [-0.3, -0.25) is 19.9 Å². The summed E-state index contributed by atoms with van der Waals surface area (Å²) in [6.45, 7) is 1.09. The van der Waals surface area contributed by atoms with Gasteiger partial charge in [-0.2, -0.15) is 0 Å². The molecular weight excluding hydrogens is 346 g/mol. The predicted octanol–water partition coefficient (Wildman–Crippen LogP) is 2.11. The highest BCUT2D eigenvalue weighted by Crippen LogP contribution is 2.31. The van der Waals surface area contributed by atoms with Crippen molar-refractivity contribution in [1.82, 2.24) is 9.88 Å². The molecule has 10 nitrogen and oxygen atoms in total. The first-order valence-electron chi connectivity index (χ1n) is 7.56. The Morgan fingerprint density at radius 3 is 2.73 bits per heavy atom. The number of carbonyl (C=O) groups is 2. The Morgan fingerprint density at radius 2 is 2.04 bits per heavy atom. The van der Waals surface area contributed by atoms with Crippen LogP contribution in [0.15, 0.2) is 30.5 Å². The van der Waals surface area contributed by atoms with E-state index in [1.807, 2.05) is 0 Å². The summed E-state index contributed by atoms with van der Waals surface area (Å²) in [6.07, 6.45) is 0.810. The van der Waals surface area contributed by atoms with E-state index in [-0.39, 0.29) is 24.6 Å². The molecule has 2 aromatic rings. The second-order valence-electron chi connectivity index (χ2n) is 5.17. The Bertz CT molecular complexity index is 825. The fraction of sp³-hybridized carbons (Fsp3) is 0.312. The number of pyridine rings is 1. The van der Waals surface area contributed by atoms with Crippen LogP contribution in [0.4, 0.5) is 10.5 Å². The van der Waals surface area contributed by atoms with Gasteiger partial charge in [-0.25, -0.2) is 4.79 Å². The normalized spacial score (nSPS) is 10.2. The number of ether oxygens (including phenoxy) is 3. The average Bonchev–Trinajstić information content (AvgIpc) is 2.60. The van der Waals surface area contributed by atoms with Gasteiger partial charge < -0.3 is 19.1 Å². The zero-order chi connectivity index (χ0) is 19.1. The van der Waals surface area contributed by atoms with Crippen molar-refractivity contribution in [3.8, 4) is 5.75 Å². The molecule has 0 aliphatic rings. The molecule has 0 spiro atoms. The van der Waals surface area contributed by atoms with Gasteiger partial charge in [0.25, 0.3) is 5.69 Å². The molecule has 10 heteroatoms. The first-order valence-corrected chi connectivity index (χ1v) is 7.56. The van der Waals surface area contributed by atoms with Crippen LogP contribution in [-0.4, -0.2) is 53.9 Å². The van der Waals surface area contributed by atoms with Gasteiger partial charge in [0.05, 0.1) is 16.9 Å². The molecule has 0 radical (unpaired) electrons. The van der Waals surface area contributed by atoms with Crippen molar-refractivity contribution in [2.75, 3.05) is 27.0 Å². The molecule has 0 N–H and O–H groups in total. The van der Waals surface area contributed by atoms with Crippen LogP contribution in [0, 0.1) is 10.1 Å². The number of likely N-dealkylation sites (N-methyl/N-ethyl adjacent to an activating group) is 1. The van der Waals surface area contributed by atoms with Gasteiger partial charge in [-0.1, -0.05) is 0 Å². The van der Waals surface area contributed by atoms with Crippen LogP contribution in [0.25, 0.3) is 10.9 Å². The second-order valence-corrected chi connectivity index (χ2v) is 5.17. The van der Waals surface area contributed by atoms with Crippen molar-refractivity contribution in [3.63, 3.8) is 0 Å². The highest BCUT2D eigenvalue weighted by molar-refractivity contribution is 5.92. The smallest absolute Gasteiger partial charge is 0.412 e. The Balaban J connectivity index is 1.96. The monoisotopic (exact) mass is 363 g/mol. The van der Waals surface area contributed by atoms with E-state index in [2.05, 4.69) is 4.98 Å². The summed E-state index contributed by atoms with van der Waals surface area (Å²) in [4.78, 5) is 38.3. The maximum absolute atomic E-state index is 11.8. The molecule has 26 heavy (non-hydrogen) atoms. The Morgan fingerprint density at radius 1 is 1.27 bits per heavy atom. The van der Waals surface area contributed by atoms with Crippen LogP contribution >= 0.6 is 0 Å². The van der Waals surface area contributed by atoms with Crippen molar-refractivity contribution >= 4 is 28.7 Å². The molecular formula is C16H17N3O7. The lowest BCUT2D eigenvalue weighted by Crippen LogP contribution is -2.32. The van der Waals surface area contributed by atoms with Gasteiger partial charge in [0.15, 0.2) is 0 Å². The van der Waals surface area contributed by atoms with Crippen molar-refractivity contribution in [3.05, 3.63) is 40.6 Å². The van der Waals surface area contributed by atoms with Crippen LogP contribution in [0.3, 0.4) is 0 Å². The van der Waals surface area contributed by atoms with E-state index < -0.39 is 23.8 Å². The van der Waals surface area contributed by atoms with Gasteiger partial charge in [0.2, 0.25) is 6.79 Å². The zero-order valence-corrected chi connectivity index (χ0v) is 14.2. The quantitative estimate of drug-likeness (QED) is 0.317. The first-order chi connectivity index (χ1) is 12.4. The largest absolute Gasteiger partial charge is 0.464 e. The molecule has 138 valence electrons. The summed E-state index contributed by atoms with van der Waals surface area (Å²) in [5.41, 5.74) is 0.198. The summed E-state index contributed by atoms with van der Waals surface area (Å²) in [7, 11) is 1.48. The Kier molecular flexibility index (Phi) is 6.25. The van der Waals surface area contributed by atoms with E-state index in [1.165, 1.54) is 37.2 Å². The minimum Gasteiger partial charge on any atom is -0.464 e. The van der Waals surface area contributed by atoms with Crippen molar-refractivity contribution in [2.24, 2.45) is 0 Å². The molecule has 1 amide bonds. The molecule has 0 saturated heterocycles.